The summed E-state index contributed by atoms with van der Waals surface area (Å²) in [7, 11) is 2.13. The van der Waals surface area contributed by atoms with E-state index in [0.29, 0.717) is 6.04 Å². The van der Waals surface area contributed by atoms with Crippen LogP contribution in [0.5, 0.6) is 0 Å². The molecule has 2 nitrogen and oxygen atoms in total. The maximum absolute atomic E-state index is 10.7. The Morgan fingerprint density at radius 2 is 2.18 bits per heavy atom. The SMILES string of the molecule is CC1CC(O)(Cc2ccccc2Br)CCN1C. The highest BCUT2D eigenvalue weighted by molar-refractivity contribution is 9.10. The standard InChI is InChI=1S/C14H20BrNO/c1-11-9-14(17,7-8-16(11)2)10-12-5-3-4-6-13(12)15/h3-6,11,17H,7-10H2,1-2H3. The predicted octanol–water partition coefficient (Wildman–Crippen LogP) is 2.84. The molecule has 1 fully saturated rings. The molecule has 0 spiro atoms. The molecule has 1 N–H and O–H groups in total. The molecule has 0 aromatic heterocycles. The van der Waals surface area contributed by atoms with Gasteiger partial charge in [0.25, 0.3) is 0 Å². The van der Waals surface area contributed by atoms with Gasteiger partial charge in [-0.05, 0) is 38.4 Å². The lowest BCUT2D eigenvalue weighted by atomic mass is 9.82. The highest BCUT2D eigenvalue weighted by atomic mass is 79.9. The molecule has 0 aliphatic carbocycles. The summed E-state index contributed by atoms with van der Waals surface area (Å²) >= 11 is 3.55. The number of nitrogens with zero attached hydrogens (tertiary/aromatic N) is 1. The molecule has 2 unspecified atom stereocenters. The lowest BCUT2D eigenvalue weighted by Crippen LogP contribution is -2.48. The molecule has 2 rings (SSSR count). The van der Waals surface area contributed by atoms with E-state index in [9.17, 15) is 5.11 Å². The van der Waals surface area contributed by atoms with Crippen LogP contribution in [0.15, 0.2) is 28.7 Å². The van der Waals surface area contributed by atoms with Crippen LogP contribution in [0.1, 0.15) is 25.3 Å². The summed E-state index contributed by atoms with van der Waals surface area (Å²) in [6.45, 7) is 3.16. The van der Waals surface area contributed by atoms with Gasteiger partial charge in [-0.2, -0.15) is 0 Å². The van der Waals surface area contributed by atoms with Crippen LogP contribution in [0.4, 0.5) is 0 Å². The average Bonchev–Trinajstić information content (AvgIpc) is 2.28. The van der Waals surface area contributed by atoms with E-state index < -0.39 is 5.60 Å². The van der Waals surface area contributed by atoms with Crippen LogP contribution in [-0.2, 0) is 6.42 Å². The van der Waals surface area contributed by atoms with Crippen molar-refractivity contribution >= 4 is 15.9 Å². The second-order valence-corrected chi connectivity index (χ2v) is 6.13. The van der Waals surface area contributed by atoms with E-state index in [1.807, 2.05) is 18.2 Å². The van der Waals surface area contributed by atoms with Gasteiger partial charge in [-0.1, -0.05) is 34.1 Å². The number of aliphatic hydroxyl groups is 1. The van der Waals surface area contributed by atoms with Crippen LogP contribution in [0.3, 0.4) is 0 Å². The largest absolute Gasteiger partial charge is 0.389 e. The average molecular weight is 298 g/mol. The fourth-order valence-electron chi connectivity index (χ4n) is 2.57. The zero-order valence-corrected chi connectivity index (χ0v) is 12.1. The van der Waals surface area contributed by atoms with Crippen molar-refractivity contribution in [1.29, 1.82) is 0 Å². The Labute approximate surface area is 112 Å². The van der Waals surface area contributed by atoms with Crippen molar-refractivity contribution in [1.82, 2.24) is 4.90 Å². The summed E-state index contributed by atoms with van der Waals surface area (Å²) in [4.78, 5) is 2.31. The minimum absolute atomic E-state index is 0.455. The first-order chi connectivity index (χ1) is 8.00. The molecule has 0 saturated carbocycles. The first-order valence-electron chi connectivity index (χ1n) is 6.16. The van der Waals surface area contributed by atoms with Crippen LogP contribution in [-0.4, -0.2) is 35.2 Å². The first kappa shape index (κ1) is 13.1. The Kier molecular flexibility index (Phi) is 3.91. The lowest BCUT2D eigenvalue weighted by Gasteiger charge is -2.41. The molecule has 1 saturated heterocycles. The number of hydrogen-bond donors (Lipinski definition) is 1. The normalized spacial score (nSPS) is 30.5. The van der Waals surface area contributed by atoms with E-state index in [1.165, 1.54) is 5.56 Å². The summed E-state index contributed by atoms with van der Waals surface area (Å²) in [5.74, 6) is 0. The minimum atomic E-state index is -0.546. The van der Waals surface area contributed by atoms with Gasteiger partial charge in [-0.3, -0.25) is 0 Å². The Morgan fingerprint density at radius 3 is 2.82 bits per heavy atom. The maximum atomic E-state index is 10.7. The van der Waals surface area contributed by atoms with Crippen molar-refractivity contribution in [2.24, 2.45) is 0 Å². The summed E-state index contributed by atoms with van der Waals surface area (Å²) in [6, 6.07) is 8.62. The van der Waals surface area contributed by atoms with Gasteiger partial charge in [0.05, 0.1) is 5.60 Å². The van der Waals surface area contributed by atoms with Crippen LogP contribution in [0, 0.1) is 0 Å². The van der Waals surface area contributed by atoms with Gasteiger partial charge < -0.3 is 10.0 Å². The zero-order chi connectivity index (χ0) is 12.5. The van der Waals surface area contributed by atoms with Gasteiger partial charge in [0.2, 0.25) is 0 Å². The molecule has 3 heteroatoms. The zero-order valence-electron chi connectivity index (χ0n) is 10.5. The summed E-state index contributed by atoms with van der Waals surface area (Å²) < 4.78 is 1.10. The third-order valence-corrected chi connectivity index (χ3v) is 4.61. The number of benzene rings is 1. The number of hydrogen-bond acceptors (Lipinski definition) is 2. The van der Waals surface area contributed by atoms with Gasteiger partial charge >= 0.3 is 0 Å². The van der Waals surface area contributed by atoms with E-state index in [1.54, 1.807) is 0 Å². The van der Waals surface area contributed by atoms with Crippen molar-refractivity contribution < 1.29 is 5.11 Å². The second-order valence-electron chi connectivity index (χ2n) is 5.28. The lowest BCUT2D eigenvalue weighted by molar-refractivity contribution is -0.0354. The Balaban J connectivity index is 2.10. The Bertz CT molecular complexity index is 396. The fourth-order valence-corrected chi connectivity index (χ4v) is 2.99. The van der Waals surface area contributed by atoms with E-state index in [4.69, 9.17) is 0 Å². The Morgan fingerprint density at radius 1 is 1.47 bits per heavy atom. The van der Waals surface area contributed by atoms with Crippen molar-refractivity contribution in [3.8, 4) is 0 Å². The third-order valence-electron chi connectivity index (χ3n) is 3.84. The molecular formula is C14H20BrNO. The highest BCUT2D eigenvalue weighted by Crippen LogP contribution is 2.31. The molecule has 0 bridgehead atoms. The molecule has 1 heterocycles. The fraction of sp³-hybridized carbons (Fsp3) is 0.571. The molecule has 1 aromatic rings. The van der Waals surface area contributed by atoms with Gasteiger partial charge in [0.15, 0.2) is 0 Å². The first-order valence-corrected chi connectivity index (χ1v) is 6.95. The van der Waals surface area contributed by atoms with E-state index in [-0.39, 0.29) is 0 Å². The molecule has 94 valence electrons. The van der Waals surface area contributed by atoms with E-state index in [0.717, 1.165) is 30.3 Å². The molecule has 1 aliphatic rings. The summed E-state index contributed by atoms with van der Waals surface area (Å²) in [5.41, 5.74) is 0.655. The molecule has 2 atom stereocenters. The number of likely N-dealkylation sites (tertiary alicyclic amines) is 1. The monoisotopic (exact) mass is 297 g/mol. The van der Waals surface area contributed by atoms with Crippen LogP contribution in [0.2, 0.25) is 0 Å². The minimum Gasteiger partial charge on any atom is -0.389 e. The quantitative estimate of drug-likeness (QED) is 0.907. The molecule has 0 radical (unpaired) electrons. The third kappa shape index (κ3) is 3.09. The van der Waals surface area contributed by atoms with Crippen LogP contribution >= 0.6 is 15.9 Å². The van der Waals surface area contributed by atoms with Gasteiger partial charge in [0.1, 0.15) is 0 Å². The van der Waals surface area contributed by atoms with Gasteiger partial charge in [-0.25, -0.2) is 0 Å². The predicted molar refractivity (Wildman–Crippen MR) is 74.1 cm³/mol. The van der Waals surface area contributed by atoms with Gasteiger partial charge in [-0.15, -0.1) is 0 Å². The molecule has 0 amide bonds. The molecule has 1 aromatic carbocycles. The molecule has 1 aliphatic heterocycles. The number of halogens is 1. The van der Waals surface area contributed by atoms with Crippen LogP contribution in [0.25, 0.3) is 0 Å². The van der Waals surface area contributed by atoms with Crippen molar-refractivity contribution in [3.05, 3.63) is 34.3 Å². The van der Waals surface area contributed by atoms with E-state index >= 15 is 0 Å². The smallest absolute Gasteiger partial charge is 0.0715 e. The Hall–Kier alpha value is -0.380. The van der Waals surface area contributed by atoms with Gasteiger partial charge in [0, 0.05) is 23.5 Å². The molecular weight excluding hydrogens is 278 g/mol. The number of piperidine rings is 1. The van der Waals surface area contributed by atoms with Crippen LogP contribution < -0.4 is 0 Å². The molecule has 17 heavy (non-hydrogen) atoms. The summed E-state index contributed by atoms with van der Waals surface area (Å²) in [6.07, 6.45) is 2.45. The number of rotatable bonds is 2. The maximum Gasteiger partial charge on any atom is 0.0715 e. The second kappa shape index (κ2) is 5.09. The summed E-state index contributed by atoms with van der Waals surface area (Å²) in [5, 5.41) is 10.7. The van der Waals surface area contributed by atoms with E-state index in [2.05, 4.69) is 40.9 Å². The van der Waals surface area contributed by atoms with Crippen molar-refractivity contribution in [3.63, 3.8) is 0 Å². The topological polar surface area (TPSA) is 23.5 Å². The van der Waals surface area contributed by atoms with Crippen molar-refractivity contribution in [2.75, 3.05) is 13.6 Å². The highest BCUT2D eigenvalue weighted by Gasteiger charge is 2.35. The van der Waals surface area contributed by atoms with Crippen molar-refractivity contribution in [2.45, 2.75) is 37.8 Å².